The van der Waals surface area contributed by atoms with Crippen LogP contribution in [0, 0.1) is 6.92 Å². The summed E-state index contributed by atoms with van der Waals surface area (Å²) in [6, 6.07) is 4.03. The highest BCUT2D eigenvalue weighted by Gasteiger charge is 2.08. The minimum absolute atomic E-state index is 0.547. The van der Waals surface area contributed by atoms with Crippen LogP contribution in [0.2, 0.25) is 0 Å². The molecule has 3 N–H and O–H groups in total. The van der Waals surface area contributed by atoms with Gasteiger partial charge in [0.1, 0.15) is 5.82 Å². The average Bonchev–Trinajstić information content (AvgIpc) is 2.94. The SMILES string of the molecule is CNc1nc(NCc2ccc(C)nc2)c2cn[nH]c2n1. The van der Waals surface area contributed by atoms with E-state index in [9.17, 15) is 0 Å². The highest BCUT2D eigenvalue weighted by atomic mass is 15.2. The molecule has 3 aromatic rings. The molecule has 20 heavy (non-hydrogen) atoms. The molecule has 0 bridgehead atoms. The lowest BCUT2D eigenvalue weighted by atomic mass is 10.2. The van der Waals surface area contributed by atoms with Crippen molar-refractivity contribution in [3.05, 3.63) is 35.8 Å². The zero-order valence-corrected chi connectivity index (χ0v) is 11.3. The molecule has 0 aliphatic rings. The van der Waals surface area contributed by atoms with Crippen LogP contribution in [0.5, 0.6) is 0 Å². The predicted octanol–water partition coefficient (Wildman–Crippen LogP) is 1.71. The lowest BCUT2D eigenvalue weighted by Crippen LogP contribution is -2.05. The van der Waals surface area contributed by atoms with Gasteiger partial charge in [0, 0.05) is 25.5 Å². The van der Waals surface area contributed by atoms with Crippen LogP contribution in [0.3, 0.4) is 0 Å². The molecule has 7 heteroatoms. The van der Waals surface area contributed by atoms with E-state index >= 15 is 0 Å². The van der Waals surface area contributed by atoms with E-state index in [0.29, 0.717) is 18.1 Å². The third kappa shape index (κ3) is 2.37. The zero-order valence-electron chi connectivity index (χ0n) is 11.3. The van der Waals surface area contributed by atoms with E-state index < -0.39 is 0 Å². The van der Waals surface area contributed by atoms with Gasteiger partial charge in [0.05, 0.1) is 11.6 Å². The number of hydrogen-bond donors (Lipinski definition) is 3. The zero-order chi connectivity index (χ0) is 13.9. The minimum atomic E-state index is 0.547. The Hall–Kier alpha value is -2.70. The number of aryl methyl sites for hydroxylation is 1. The van der Waals surface area contributed by atoms with Gasteiger partial charge in [-0.05, 0) is 18.6 Å². The van der Waals surface area contributed by atoms with Crippen LogP contribution in [0.25, 0.3) is 11.0 Å². The second-order valence-corrected chi connectivity index (χ2v) is 4.44. The van der Waals surface area contributed by atoms with Crippen LogP contribution in [0.1, 0.15) is 11.3 Å². The van der Waals surface area contributed by atoms with Gasteiger partial charge in [-0.2, -0.15) is 15.1 Å². The van der Waals surface area contributed by atoms with Crippen molar-refractivity contribution in [1.29, 1.82) is 0 Å². The fourth-order valence-electron chi connectivity index (χ4n) is 1.87. The average molecular weight is 269 g/mol. The highest BCUT2D eigenvalue weighted by Crippen LogP contribution is 2.20. The molecule has 0 saturated carbocycles. The molecule has 0 unspecified atom stereocenters. The largest absolute Gasteiger partial charge is 0.365 e. The molecule has 102 valence electrons. The van der Waals surface area contributed by atoms with E-state index in [1.807, 2.05) is 25.3 Å². The van der Waals surface area contributed by atoms with E-state index in [-0.39, 0.29) is 0 Å². The lowest BCUT2D eigenvalue weighted by molar-refractivity contribution is 1.06. The Morgan fingerprint density at radius 2 is 2.10 bits per heavy atom. The molecular weight excluding hydrogens is 254 g/mol. The van der Waals surface area contributed by atoms with E-state index in [1.165, 1.54) is 0 Å². The van der Waals surface area contributed by atoms with Crippen molar-refractivity contribution in [1.82, 2.24) is 25.1 Å². The maximum atomic E-state index is 4.41. The van der Waals surface area contributed by atoms with Gasteiger partial charge in [-0.25, -0.2) is 0 Å². The van der Waals surface area contributed by atoms with Gasteiger partial charge in [-0.15, -0.1) is 0 Å². The Labute approximate surface area is 115 Å². The predicted molar refractivity (Wildman–Crippen MR) is 77.5 cm³/mol. The number of hydrogen-bond acceptors (Lipinski definition) is 6. The van der Waals surface area contributed by atoms with Crippen molar-refractivity contribution in [3.8, 4) is 0 Å². The van der Waals surface area contributed by atoms with Crippen LogP contribution < -0.4 is 10.6 Å². The van der Waals surface area contributed by atoms with Gasteiger partial charge >= 0.3 is 0 Å². The number of nitrogens with zero attached hydrogens (tertiary/aromatic N) is 4. The minimum Gasteiger partial charge on any atom is -0.365 e. The summed E-state index contributed by atoms with van der Waals surface area (Å²) in [7, 11) is 1.78. The highest BCUT2D eigenvalue weighted by molar-refractivity contribution is 5.86. The molecule has 3 heterocycles. The molecule has 7 nitrogen and oxygen atoms in total. The number of aromatic nitrogens is 5. The number of rotatable bonds is 4. The lowest BCUT2D eigenvalue weighted by Gasteiger charge is -2.08. The molecule has 0 atom stereocenters. The Morgan fingerprint density at radius 1 is 1.20 bits per heavy atom. The summed E-state index contributed by atoms with van der Waals surface area (Å²) in [6.07, 6.45) is 3.57. The first-order valence-corrected chi connectivity index (χ1v) is 6.30. The van der Waals surface area contributed by atoms with Crippen LogP contribution in [-0.2, 0) is 6.54 Å². The van der Waals surface area contributed by atoms with E-state index in [2.05, 4.69) is 35.8 Å². The van der Waals surface area contributed by atoms with Crippen molar-refractivity contribution in [2.75, 3.05) is 17.7 Å². The number of nitrogens with one attached hydrogen (secondary N) is 3. The molecule has 0 radical (unpaired) electrons. The summed E-state index contributed by atoms with van der Waals surface area (Å²) < 4.78 is 0. The molecule has 3 rings (SSSR count). The first kappa shape index (κ1) is 12.3. The van der Waals surface area contributed by atoms with E-state index in [1.54, 1.807) is 13.2 Å². The van der Waals surface area contributed by atoms with Crippen molar-refractivity contribution in [3.63, 3.8) is 0 Å². The van der Waals surface area contributed by atoms with Crippen LogP contribution in [-0.4, -0.2) is 32.2 Å². The number of anilines is 2. The van der Waals surface area contributed by atoms with Gasteiger partial charge in [0.15, 0.2) is 5.65 Å². The number of pyridine rings is 1. The molecule has 0 aromatic carbocycles. The summed E-state index contributed by atoms with van der Waals surface area (Å²) in [5.41, 5.74) is 2.80. The standard InChI is InChI=1S/C13H15N7/c1-8-3-4-9(5-15-8)6-16-11-10-7-17-20-12(10)19-13(14-2)18-11/h3-5,7H,6H2,1-2H3,(H3,14,16,17,18,19,20). The molecule has 0 saturated heterocycles. The molecule has 0 fully saturated rings. The summed E-state index contributed by atoms with van der Waals surface area (Å²) in [5.74, 6) is 1.29. The summed E-state index contributed by atoms with van der Waals surface area (Å²) in [6.45, 7) is 2.61. The Bertz CT molecular complexity index is 717. The summed E-state index contributed by atoms with van der Waals surface area (Å²) in [5, 5.41) is 13.9. The van der Waals surface area contributed by atoms with Crippen molar-refractivity contribution < 1.29 is 0 Å². The van der Waals surface area contributed by atoms with Gasteiger partial charge in [0.2, 0.25) is 5.95 Å². The third-order valence-electron chi connectivity index (χ3n) is 2.97. The first-order valence-electron chi connectivity index (χ1n) is 6.30. The van der Waals surface area contributed by atoms with Crippen molar-refractivity contribution in [2.45, 2.75) is 13.5 Å². The van der Waals surface area contributed by atoms with E-state index in [0.717, 1.165) is 22.5 Å². The number of aromatic amines is 1. The summed E-state index contributed by atoms with van der Waals surface area (Å²) >= 11 is 0. The van der Waals surface area contributed by atoms with Crippen molar-refractivity contribution >= 4 is 22.8 Å². The molecule has 3 aromatic heterocycles. The smallest absolute Gasteiger partial charge is 0.226 e. The fraction of sp³-hybridized carbons (Fsp3) is 0.231. The fourth-order valence-corrected chi connectivity index (χ4v) is 1.87. The second kappa shape index (κ2) is 5.12. The molecule has 0 amide bonds. The third-order valence-corrected chi connectivity index (χ3v) is 2.97. The first-order chi connectivity index (χ1) is 9.76. The van der Waals surface area contributed by atoms with Crippen LogP contribution in [0.4, 0.5) is 11.8 Å². The molecule has 0 aliphatic carbocycles. The quantitative estimate of drug-likeness (QED) is 0.668. The maximum Gasteiger partial charge on any atom is 0.226 e. The number of fused-ring (bicyclic) bond motifs is 1. The monoisotopic (exact) mass is 269 g/mol. The normalized spacial score (nSPS) is 10.7. The summed E-state index contributed by atoms with van der Waals surface area (Å²) in [4.78, 5) is 13.0. The van der Waals surface area contributed by atoms with Crippen LogP contribution in [0.15, 0.2) is 24.5 Å². The molecule has 0 aliphatic heterocycles. The maximum absolute atomic E-state index is 4.41. The number of H-pyrrole nitrogens is 1. The topological polar surface area (TPSA) is 91.4 Å². The van der Waals surface area contributed by atoms with Gasteiger partial charge in [-0.1, -0.05) is 6.07 Å². The molecule has 0 spiro atoms. The Morgan fingerprint density at radius 3 is 2.85 bits per heavy atom. The second-order valence-electron chi connectivity index (χ2n) is 4.44. The van der Waals surface area contributed by atoms with E-state index in [4.69, 9.17) is 0 Å². The van der Waals surface area contributed by atoms with Gasteiger partial charge in [0.25, 0.3) is 0 Å². The Balaban J connectivity index is 1.86. The van der Waals surface area contributed by atoms with Crippen molar-refractivity contribution in [2.24, 2.45) is 0 Å². The van der Waals surface area contributed by atoms with Gasteiger partial charge < -0.3 is 10.6 Å². The van der Waals surface area contributed by atoms with Gasteiger partial charge in [-0.3, -0.25) is 10.1 Å². The van der Waals surface area contributed by atoms with Crippen LogP contribution >= 0.6 is 0 Å². The Kier molecular flexibility index (Phi) is 3.16. The molecular formula is C13H15N7.